The average molecular weight is 506 g/mol. The molecule has 1 N–H and O–H groups in total. The summed E-state index contributed by atoms with van der Waals surface area (Å²) in [5.74, 6) is 0.762. The highest BCUT2D eigenvalue weighted by Crippen LogP contribution is 2.43. The van der Waals surface area contributed by atoms with Gasteiger partial charge in [-0.1, -0.05) is 12.1 Å². The van der Waals surface area contributed by atoms with Crippen LogP contribution in [0.4, 0.5) is 24.7 Å². The topological polar surface area (TPSA) is 55.7 Å². The Labute approximate surface area is 207 Å². The number of halogens is 3. The van der Waals surface area contributed by atoms with E-state index in [2.05, 4.69) is 44.0 Å². The van der Waals surface area contributed by atoms with E-state index in [1.165, 1.54) is 11.9 Å². The zero-order chi connectivity index (χ0) is 24.6. The van der Waals surface area contributed by atoms with Gasteiger partial charge in [0.1, 0.15) is 17.0 Å². The number of nitrogens with zero attached hydrogens (tertiary/aromatic N) is 5. The molecule has 2 saturated heterocycles. The van der Waals surface area contributed by atoms with Crippen molar-refractivity contribution in [2.24, 2.45) is 5.41 Å². The first-order valence-corrected chi connectivity index (χ1v) is 12.7. The minimum Gasteiger partial charge on any atom is -0.395 e. The number of thiophene rings is 1. The molecular weight excluding hydrogens is 475 g/mol. The van der Waals surface area contributed by atoms with Gasteiger partial charge in [0.05, 0.1) is 18.4 Å². The third-order valence-electron chi connectivity index (χ3n) is 7.21. The van der Waals surface area contributed by atoms with E-state index < -0.39 is 12.6 Å². The minimum atomic E-state index is -4.23. The molecule has 35 heavy (non-hydrogen) atoms. The summed E-state index contributed by atoms with van der Waals surface area (Å²) in [7, 11) is 1.97. The van der Waals surface area contributed by atoms with E-state index in [0.717, 1.165) is 73.8 Å². The van der Waals surface area contributed by atoms with Crippen molar-refractivity contribution in [2.45, 2.75) is 32.0 Å². The molecule has 2 fully saturated rings. The molecule has 1 unspecified atom stereocenters. The molecule has 1 spiro atoms. The number of aliphatic hydroxyl groups excluding tert-OH is 1. The molecular formula is C25H30F3N5OS. The number of likely N-dealkylation sites (N-methyl/N-ethyl adjacent to an activating group) is 1. The first-order valence-electron chi connectivity index (χ1n) is 11.9. The predicted octanol–water partition coefficient (Wildman–Crippen LogP) is 4.33. The Bertz CT molecular complexity index is 1170. The van der Waals surface area contributed by atoms with Crippen LogP contribution in [0, 0.1) is 5.41 Å². The van der Waals surface area contributed by atoms with E-state index in [4.69, 9.17) is 5.11 Å². The monoisotopic (exact) mass is 505 g/mol. The van der Waals surface area contributed by atoms with E-state index in [9.17, 15) is 13.2 Å². The van der Waals surface area contributed by atoms with Crippen LogP contribution in [0.25, 0.3) is 10.2 Å². The van der Waals surface area contributed by atoms with Crippen molar-refractivity contribution in [1.29, 1.82) is 0 Å². The van der Waals surface area contributed by atoms with Crippen molar-refractivity contribution < 1.29 is 18.3 Å². The van der Waals surface area contributed by atoms with Crippen LogP contribution in [-0.4, -0.2) is 72.5 Å². The lowest BCUT2D eigenvalue weighted by Crippen LogP contribution is -2.31. The van der Waals surface area contributed by atoms with E-state index >= 15 is 0 Å². The molecule has 0 bridgehead atoms. The fraction of sp³-hybridized carbons (Fsp3) is 0.520. The summed E-state index contributed by atoms with van der Waals surface area (Å²) in [6, 6.07) is 10.1. The number of fused-ring (bicyclic) bond motifs is 1. The van der Waals surface area contributed by atoms with Crippen LogP contribution in [0.5, 0.6) is 0 Å². The Kier molecular flexibility index (Phi) is 6.63. The van der Waals surface area contributed by atoms with Crippen LogP contribution < -0.4 is 9.80 Å². The van der Waals surface area contributed by atoms with E-state index in [1.54, 1.807) is 6.07 Å². The predicted molar refractivity (Wildman–Crippen MR) is 133 cm³/mol. The third kappa shape index (κ3) is 5.39. The lowest BCUT2D eigenvalue weighted by atomic mass is 9.86. The van der Waals surface area contributed by atoms with Crippen LogP contribution in [0.1, 0.15) is 23.3 Å². The van der Waals surface area contributed by atoms with Gasteiger partial charge in [0.2, 0.25) is 0 Å². The molecule has 0 radical (unpaired) electrons. The van der Waals surface area contributed by atoms with Crippen LogP contribution in [0.15, 0.2) is 36.7 Å². The van der Waals surface area contributed by atoms with E-state index in [-0.39, 0.29) is 16.9 Å². The second-order valence-electron chi connectivity index (χ2n) is 9.86. The SMILES string of the molecule is CN(CCO)c1ccc(CN2CCC3(CCN(c4ncnc5sc(CC(F)(F)F)cc45)C3)C2)cc1. The lowest BCUT2D eigenvalue weighted by Gasteiger charge is -2.25. The zero-order valence-corrected chi connectivity index (χ0v) is 20.6. The first kappa shape index (κ1) is 24.3. The smallest absolute Gasteiger partial charge is 0.393 e. The molecule has 0 saturated carbocycles. The number of rotatable bonds is 7. The molecule has 10 heteroatoms. The maximum atomic E-state index is 12.9. The highest BCUT2D eigenvalue weighted by atomic mass is 32.1. The molecule has 2 aromatic heterocycles. The average Bonchev–Trinajstić information content (AvgIpc) is 3.51. The summed E-state index contributed by atoms with van der Waals surface area (Å²) in [5.41, 5.74) is 2.55. The maximum Gasteiger partial charge on any atom is 0.393 e. The summed E-state index contributed by atoms with van der Waals surface area (Å²) < 4.78 is 38.7. The molecule has 2 aliphatic rings. The number of hydrogen-bond donors (Lipinski definition) is 1. The Morgan fingerprint density at radius 2 is 1.89 bits per heavy atom. The van der Waals surface area contributed by atoms with Crippen molar-refractivity contribution >= 4 is 33.1 Å². The van der Waals surface area contributed by atoms with Crippen LogP contribution in [0.3, 0.4) is 0 Å². The van der Waals surface area contributed by atoms with Gasteiger partial charge in [-0.2, -0.15) is 13.2 Å². The summed E-state index contributed by atoms with van der Waals surface area (Å²) in [6.45, 7) is 5.40. The Morgan fingerprint density at radius 3 is 2.63 bits per heavy atom. The highest BCUT2D eigenvalue weighted by molar-refractivity contribution is 7.18. The van der Waals surface area contributed by atoms with Crippen LogP contribution in [-0.2, 0) is 13.0 Å². The van der Waals surface area contributed by atoms with Gasteiger partial charge in [-0.05, 0) is 43.1 Å². The summed E-state index contributed by atoms with van der Waals surface area (Å²) >= 11 is 1.11. The Hall–Kier alpha value is -2.43. The number of aromatic nitrogens is 2. The number of likely N-dealkylation sites (tertiary alicyclic amines) is 1. The number of benzene rings is 1. The normalized spacial score (nSPS) is 21.0. The van der Waals surface area contributed by atoms with Crippen molar-refractivity contribution in [3.63, 3.8) is 0 Å². The lowest BCUT2D eigenvalue weighted by molar-refractivity contribution is -0.126. The molecule has 188 valence electrons. The number of aliphatic hydroxyl groups is 1. The standard InChI is InChI=1S/C25H30F3N5OS/c1-31(10-11-34)19-4-2-18(3-5-19)14-32-8-6-24(15-32)7-9-33(16-24)22-21-12-20(13-25(26,27)28)35-23(21)30-17-29-22/h2-5,12,17,34H,6-11,13-16H2,1H3. The maximum absolute atomic E-state index is 12.9. The van der Waals surface area contributed by atoms with Gasteiger partial charge < -0.3 is 14.9 Å². The molecule has 0 amide bonds. The molecule has 4 heterocycles. The highest BCUT2D eigenvalue weighted by Gasteiger charge is 2.44. The summed E-state index contributed by atoms with van der Waals surface area (Å²) in [5, 5.41) is 9.86. The van der Waals surface area contributed by atoms with Gasteiger partial charge in [0, 0.05) is 55.8 Å². The Morgan fingerprint density at radius 1 is 1.11 bits per heavy atom. The van der Waals surface area contributed by atoms with Gasteiger partial charge in [-0.25, -0.2) is 9.97 Å². The fourth-order valence-electron chi connectivity index (χ4n) is 5.43. The summed E-state index contributed by atoms with van der Waals surface area (Å²) in [4.78, 5) is 16.4. The number of hydrogen-bond acceptors (Lipinski definition) is 7. The minimum absolute atomic E-state index is 0.132. The second kappa shape index (κ2) is 9.55. The van der Waals surface area contributed by atoms with Gasteiger partial charge in [0.15, 0.2) is 0 Å². The van der Waals surface area contributed by atoms with E-state index in [0.29, 0.717) is 11.4 Å². The summed E-state index contributed by atoms with van der Waals surface area (Å²) in [6.07, 6.45) is -1.52. The van der Waals surface area contributed by atoms with Crippen LogP contribution in [0.2, 0.25) is 0 Å². The molecule has 0 aliphatic carbocycles. The van der Waals surface area contributed by atoms with E-state index in [1.807, 2.05) is 11.9 Å². The molecule has 1 aromatic carbocycles. The Balaban J connectivity index is 1.24. The largest absolute Gasteiger partial charge is 0.395 e. The molecule has 5 rings (SSSR count). The fourth-order valence-corrected chi connectivity index (χ4v) is 6.46. The van der Waals surface area contributed by atoms with Crippen LogP contribution >= 0.6 is 11.3 Å². The van der Waals surface area contributed by atoms with Crippen molar-refractivity contribution in [3.8, 4) is 0 Å². The molecule has 1 atom stereocenters. The van der Waals surface area contributed by atoms with Gasteiger partial charge in [0.25, 0.3) is 0 Å². The number of alkyl halides is 3. The molecule has 2 aliphatic heterocycles. The quantitative estimate of drug-likeness (QED) is 0.516. The van der Waals surface area contributed by atoms with Crippen molar-refractivity contribution in [2.75, 3.05) is 56.2 Å². The van der Waals surface area contributed by atoms with Crippen molar-refractivity contribution in [3.05, 3.63) is 47.1 Å². The molecule has 3 aromatic rings. The zero-order valence-electron chi connectivity index (χ0n) is 19.8. The third-order valence-corrected chi connectivity index (χ3v) is 8.25. The second-order valence-corrected chi connectivity index (χ2v) is 11.0. The van der Waals surface area contributed by atoms with Gasteiger partial charge in [-0.15, -0.1) is 11.3 Å². The first-order chi connectivity index (χ1) is 16.7. The molecule has 6 nitrogen and oxygen atoms in total. The number of anilines is 2. The van der Waals surface area contributed by atoms with Crippen molar-refractivity contribution in [1.82, 2.24) is 14.9 Å². The van der Waals surface area contributed by atoms with Gasteiger partial charge in [-0.3, -0.25) is 4.90 Å². The van der Waals surface area contributed by atoms with Gasteiger partial charge >= 0.3 is 6.18 Å².